The summed E-state index contributed by atoms with van der Waals surface area (Å²) in [5.74, 6) is 0.907. The number of hydrogen-bond acceptors (Lipinski definition) is 5. The molecular weight excluding hydrogens is 340 g/mol. The smallest absolute Gasteiger partial charge is 0.270 e. The van der Waals surface area contributed by atoms with Crippen molar-refractivity contribution < 1.29 is 9.53 Å². The minimum absolute atomic E-state index is 0.235. The zero-order chi connectivity index (χ0) is 19.2. The van der Waals surface area contributed by atoms with Crippen molar-refractivity contribution in [2.75, 3.05) is 12.4 Å². The minimum atomic E-state index is -0.235. The fourth-order valence-corrected chi connectivity index (χ4v) is 2.62. The minimum Gasteiger partial charge on any atom is -0.497 e. The third-order valence-electron chi connectivity index (χ3n) is 4.13. The summed E-state index contributed by atoms with van der Waals surface area (Å²) in [6, 6.07) is 17.0. The molecule has 6 heteroatoms. The van der Waals surface area contributed by atoms with Gasteiger partial charge in [0.1, 0.15) is 11.4 Å². The number of benzene rings is 2. The van der Waals surface area contributed by atoms with Gasteiger partial charge in [-0.2, -0.15) is 0 Å². The van der Waals surface area contributed by atoms with Gasteiger partial charge in [-0.05, 0) is 55.3 Å². The molecule has 0 saturated carbocycles. The molecule has 1 heterocycles. The van der Waals surface area contributed by atoms with Crippen LogP contribution in [0.3, 0.4) is 0 Å². The van der Waals surface area contributed by atoms with Crippen molar-refractivity contribution in [2.24, 2.45) is 0 Å². The van der Waals surface area contributed by atoms with Crippen LogP contribution in [0.1, 0.15) is 27.3 Å². The van der Waals surface area contributed by atoms with Crippen LogP contribution in [0.25, 0.3) is 0 Å². The Morgan fingerprint density at radius 2 is 1.78 bits per heavy atom. The highest BCUT2D eigenvalue weighted by molar-refractivity contribution is 5.92. The first-order chi connectivity index (χ1) is 13.0. The molecule has 0 saturated heterocycles. The number of ether oxygens (including phenoxy) is 1. The van der Waals surface area contributed by atoms with E-state index in [1.165, 1.54) is 0 Å². The van der Waals surface area contributed by atoms with Gasteiger partial charge in [0.15, 0.2) is 0 Å². The van der Waals surface area contributed by atoms with Gasteiger partial charge in [0.2, 0.25) is 5.95 Å². The Hall–Kier alpha value is -3.41. The van der Waals surface area contributed by atoms with E-state index in [1.807, 2.05) is 62.4 Å². The predicted octanol–water partition coefficient (Wildman–Crippen LogP) is 3.78. The molecule has 0 radical (unpaired) electrons. The van der Waals surface area contributed by atoms with Crippen molar-refractivity contribution in [3.8, 4) is 5.75 Å². The molecule has 1 amide bonds. The maximum absolute atomic E-state index is 12.5. The van der Waals surface area contributed by atoms with E-state index < -0.39 is 0 Å². The molecule has 0 aliphatic carbocycles. The maximum Gasteiger partial charge on any atom is 0.270 e. The topological polar surface area (TPSA) is 76.1 Å². The number of aryl methyl sites for hydroxylation is 2. The second kappa shape index (κ2) is 8.31. The molecule has 3 aromatic rings. The van der Waals surface area contributed by atoms with E-state index in [4.69, 9.17) is 4.74 Å². The lowest BCUT2D eigenvalue weighted by molar-refractivity contribution is 0.0945. The Balaban J connectivity index is 1.72. The number of rotatable bonds is 6. The van der Waals surface area contributed by atoms with Crippen LogP contribution < -0.4 is 15.4 Å². The molecule has 2 aromatic carbocycles. The van der Waals surface area contributed by atoms with Gasteiger partial charge in [-0.25, -0.2) is 9.97 Å². The zero-order valence-corrected chi connectivity index (χ0v) is 15.6. The lowest BCUT2D eigenvalue weighted by Gasteiger charge is -2.10. The van der Waals surface area contributed by atoms with Crippen LogP contribution in [0.4, 0.5) is 11.6 Å². The number of aromatic nitrogens is 2. The van der Waals surface area contributed by atoms with Gasteiger partial charge in [-0.1, -0.05) is 24.3 Å². The summed E-state index contributed by atoms with van der Waals surface area (Å²) >= 11 is 0. The predicted molar refractivity (Wildman–Crippen MR) is 105 cm³/mol. The van der Waals surface area contributed by atoms with Crippen LogP contribution in [-0.2, 0) is 6.54 Å². The molecule has 0 aliphatic heterocycles. The highest BCUT2D eigenvalue weighted by Gasteiger charge is 2.11. The molecule has 3 rings (SSSR count). The molecule has 0 aliphatic rings. The second-order valence-corrected chi connectivity index (χ2v) is 6.18. The molecule has 1 aromatic heterocycles. The standard InChI is InChI=1S/C21H22N4O2/c1-14-6-4-5-7-16(14)13-22-20(26)19-12-15(2)23-21(25-19)24-17-8-10-18(27-3)11-9-17/h4-12H,13H2,1-3H3,(H,22,26)(H,23,24,25). The van der Waals surface area contributed by atoms with Crippen molar-refractivity contribution in [1.82, 2.24) is 15.3 Å². The number of carbonyl (C=O) groups is 1. The number of amides is 1. The maximum atomic E-state index is 12.5. The van der Waals surface area contributed by atoms with Crippen LogP contribution in [0.2, 0.25) is 0 Å². The second-order valence-electron chi connectivity index (χ2n) is 6.18. The monoisotopic (exact) mass is 362 g/mol. The molecule has 0 spiro atoms. The quantitative estimate of drug-likeness (QED) is 0.698. The van der Waals surface area contributed by atoms with Crippen LogP contribution in [0, 0.1) is 13.8 Å². The largest absolute Gasteiger partial charge is 0.497 e. The van der Waals surface area contributed by atoms with E-state index in [1.54, 1.807) is 13.2 Å². The fourth-order valence-electron chi connectivity index (χ4n) is 2.62. The van der Waals surface area contributed by atoms with Crippen molar-refractivity contribution >= 4 is 17.5 Å². The van der Waals surface area contributed by atoms with Crippen LogP contribution >= 0.6 is 0 Å². The molecule has 2 N–H and O–H groups in total. The van der Waals surface area contributed by atoms with Crippen molar-refractivity contribution in [3.05, 3.63) is 77.1 Å². The molecule has 0 fully saturated rings. The lowest BCUT2D eigenvalue weighted by atomic mass is 10.1. The summed E-state index contributed by atoms with van der Waals surface area (Å²) < 4.78 is 5.15. The van der Waals surface area contributed by atoms with Gasteiger partial charge in [-0.3, -0.25) is 4.79 Å². The third kappa shape index (κ3) is 4.82. The molecule has 0 unspecified atom stereocenters. The van der Waals surface area contributed by atoms with E-state index in [9.17, 15) is 4.79 Å². The first-order valence-corrected chi connectivity index (χ1v) is 8.64. The van der Waals surface area contributed by atoms with Gasteiger partial charge in [0, 0.05) is 17.9 Å². The number of methoxy groups -OCH3 is 1. The average Bonchev–Trinajstić information content (AvgIpc) is 2.67. The van der Waals surface area contributed by atoms with Crippen molar-refractivity contribution in [3.63, 3.8) is 0 Å². The van der Waals surface area contributed by atoms with Crippen molar-refractivity contribution in [1.29, 1.82) is 0 Å². The zero-order valence-electron chi connectivity index (χ0n) is 15.6. The molecule has 6 nitrogen and oxygen atoms in total. The van der Waals surface area contributed by atoms with Gasteiger partial charge < -0.3 is 15.4 Å². The Morgan fingerprint density at radius 1 is 1.04 bits per heavy atom. The third-order valence-corrected chi connectivity index (χ3v) is 4.13. The number of carbonyl (C=O) groups excluding carboxylic acids is 1. The van der Waals surface area contributed by atoms with E-state index in [-0.39, 0.29) is 5.91 Å². The summed E-state index contributed by atoms with van der Waals surface area (Å²) in [4.78, 5) is 21.2. The van der Waals surface area contributed by atoms with E-state index in [0.29, 0.717) is 23.9 Å². The van der Waals surface area contributed by atoms with Gasteiger partial charge in [0.05, 0.1) is 7.11 Å². The van der Waals surface area contributed by atoms with Gasteiger partial charge in [0.25, 0.3) is 5.91 Å². The summed E-state index contributed by atoms with van der Waals surface area (Å²) in [6.07, 6.45) is 0. The van der Waals surface area contributed by atoms with E-state index >= 15 is 0 Å². The Morgan fingerprint density at radius 3 is 2.48 bits per heavy atom. The average molecular weight is 362 g/mol. The molecular formula is C21H22N4O2. The number of hydrogen-bond donors (Lipinski definition) is 2. The molecule has 138 valence electrons. The van der Waals surface area contributed by atoms with Gasteiger partial charge in [-0.15, -0.1) is 0 Å². The van der Waals surface area contributed by atoms with Gasteiger partial charge >= 0.3 is 0 Å². The summed E-state index contributed by atoms with van der Waals surface area (Å²) in [7, 11) is 1.62. The molecule has 0 atom stereocenters. The number of nitrogens with one attached hydrogen (secondary N) is 2. The fraction of sp³-hybridized carbons (Fsp3) is 0.190. The summed E-state index contributed by atoms with van der Waals surface area (Å²) in [5.41, 5.74) is 4.06. The molecule has 27 heavy (non-hydrogen) atoms. The number of nitrogens with zero attached hydrogens (tertiary/aromatic N) is 2. The lowest BCUT2D eigenvalue weighted by Crippen LogP contribution is -2.24. The number of anilines is 2. The van der Waals surface area contributed by atoms with Crippen LogP contribution in [0.5, 0.6) is 5.75 Å². The summed E-state index contributed by atoms with van der Waals surface area (Å²) in [6.45, 7) is 4.31. The normalized spacial score (nSPS) is 10.3. The summed E-state index contributed by atoms with van der Waals surface area (Å²) in [5, 5.41) is 6.03. The van der Waals surface area contributed by atoms with Crippen LogP contribution in [-0.4, -0.2) is 23.0 Å². The Labute approximate surface area is 158 Å². The van der Waals surface area contributed by atoms with Crippen molar-refractivity contribution in [2.45, 2.75) is 20.4 Å². The molecule has 0 bridgehead atoms. The Bertz CT molecular complexity index is 939. The van der Waals surface area contributed by atoms with Crippen LogP contribution in [0.15, 0.2) is 54.6 Å². The SMILES string of the molecule is COc1ccc(Nc2nc(C)cc(C(=O)NCc3ccccc3C)n2)cc1. The first-order valence-electron chi connectivity index (χ1n) is 8.64. The first kappa shape index (κ1) is 18.4. The van der Waals surface area contributed by atoms with E-state index in [0.717, 1.165) is 22.6 Å². The van der Waals surface area contributed by atoms with E-state index in [2.05, 4.69) is 20.6 Å². The highest BCUT2D eigenvalue weighted by Crippen LogP contribution is 2.18. The highest BCUT2D eigenvalue weighted by atomic mass is 16.5. The Kier molecular flexibility index (Phi) is 5.66.